The monoisotopic (exact) mass is 345 g/mol. The van der Waals surface area contributed by atoms with E-state index in [2.05, 4.69) is 75.5 Å². The summed E-state index contributed by atoms with van der Waals surface area (Å²) in [5.74, 6) is 0. The molecular weight excluding hydrogens is 302 g/mol. The molecule has 0 unspecified atom stereocenters. The minimum atomic E-state index is 0.990. The van der Waals surface area contributed by atoms with Gasteiger partial charge in [0.05, 0.1) is 0 Å². The average molecular weight is 346 g/mol. The van der Waals surface area contributed by atoms with Crippen molar-refractivity contribution in [1.29, 1.82) is 0 Å². The van der Waals surface area contributed by atoms with E-state index < -0.39 is 0 Å². The Hall–Kier alpha value is -1.76. The fraction of sp³-hybridized carbons (Fsp3) is 0.500. The van der Waals surface area contributed by atoms with E-state index in [1.807, 2.05) is 45.9 Å². The van der Waals surface area contributed by atoms with Crippen molar-refractivity contribution < 1.29 is 0 Å². The molecule has 1 N–H and O–H groups in total. The summed E-state index contributed by atoms with van der Waals surface area (Å²) in [6, 6.07) is 20.8. The van der Waals surface area contributed by atoms with Crippen LogP contribution in [-0.4, -0.2) is 6.54 Å². The first-order valence-electron chi connectivity index (χ1n) is 10.1. The summed E-state index contributed by atoms with van der Waals surface area (Å²) < 4.78 is 0. The number of anilines is 1. The molecular formula is C24H43N. The van der Waals surface area contributed by atoms with Gasteiger partial charge in [-0.2, -0.15) is 0 Å². The van der Waals surface area contributed by atoms with Crippen molar-refractivity contribution in [3.8, 4) is 0 Å². The first-order valence-corrected chi connectivity index (χ1v) is 10.1. The Labute approximate surface area is 158 Å². The predicted octanol–water partition coefficient (Wildman–Crippen LogP) is 8.23. The second-order valence-electron chi connectivity index (χ2n) is 4.84. The van der Waals surface area contributed by atoms with Gasteiger partial charge in [-0.25, -0.2) is 0 Å². The van der Waals surface area contributed by atoms with E-state index in [1.165, 1.54) is 30.5 Å². The van der Waals surface area contributed by atoms with Crippen LogP contribution in [0.3, 0.4) is 0 Å². The number of nitrogens with one attached hydrogen (secondary N) is 1. The molecule has 0 aromatic heterocycles. The average Bonchev–Trinajstić information content (AvgIpc) is 2.68. The second-order valence-corrected chi connectivity index (χ2v) is 4.84. The third-order valence-corrected chi connectivity index (χ3v) is 2.54. The van der Waals surface area contributed by atoms with E-state index in [0.717, 1.165) is 6.54 Å². The van der Waals surface area contributed by atoms with Crippen LogP contribution in [0.2, 0.25) is 0 Å². The molecule has 0 amide bonds. The highest BCUT2D eigenvalue weighted by Crippen LogP contribution is 2.03. The summed E-state index contributed by atoms with van der Waals surface area (Å²) in [6.07, 6.45) is 3.70. The van der Waals surface area contributed by atoms with Crippen LogP contribution in [0, 0.1) is 0 Å². The molecule has 0 saturated carbocycles. The Balaban J connectivity index is -0.000000287. The van der Waals surface area contributed by atoms with E-state index in [4.69, 9.17) is 0 Å². The van der Waals surface area contributed by atoms with Gasteiger partial charge in [-0.05, 0) is 31.0 Å². The lowest BCUT2D eigenvalue weighted by molar-refractivity contribution is 0.922. The van der Waals surface area contributed by atoms with E-state index in [1.54, 1.807) is 0 Å². The molecule has 0 radical (unpaired) electrons. The predicted molar refractivity (Wildman–Crippen MR) is 120 cm³/mol. The molecule has 2 aromatic rings. The van der Waals surface area contributed by atoms with Crippen LogP contribution in [0.5, 0.6) is 0 Å². The summed E-state index contributed by atoms with van der Waals surface area (Å²) >= 11 is 0. The molecule has 0 aliphatic carbocycles. The normalized spacial score (nSPS) is 7.84. The number of benzene rings is 2. The molecule has 1 nitrogen and oxygen atoms in total. The Morgan fingerprint density at radius 3 is 1.40 bits per heavy atom. The quantitative estimate of drug-likeness (QED) is 0.588. The Bertz CT molecular complexity index is 367. The zero-order valence-electron chi connectivity index (χ0n) is 18.1. The van der Waals surface area contributed by atoms with Crippen LogP contribution >= 0.6 is 0 Å². The molecule has 0 atom stereocenters. The summed E-state index contributed by atoms with van der Waals surface area (Å²) in [6.45, 7) is 17.5. The van der Waals surface area contributed by atoms with Gasteiger partial charge in [-0.15, -0.1) is 0 Å². The van der Waals surface area contributed by atoms with E-state index in [9.17, 15) is 0 Å². The first kappa shape index (κ1) is 28.1. The van der Waals surface area contributed by atoms with Gasteiger partial charge in [0.1, 0.15) is 0 Å². The summed E-state index contributed by atoms with van der Waals surface area (Å²) in [5.41, 5.74) is 2.64. The maximum Gasteiger partial charge on any atom is 0.0340 e. The standard InChI is InChI=1S/C9H12.C8H11N.C3H8.2C2H6/c1-2-6-9-7-4-3-5-8-9;1-2-9-8-6-4-3-5-7-8;1-3-2;2*1-2/h3-5,7-8H,2,6H2,1H3;3-7,9H,2H2,1H3;3H2,1-2H3;2*1-2H3. The maximum atomic E-state index is 3.21. The van der Waals surface area contributed by atoms with Crippen molar-refractivity contribution >= 4 is 5.69 Å². The molecule has 0 bridgehead atoms. The van der Waals surface area contributed by atoms with E-state index in [-0.39, 0.29) is 0 Å². The van der Waals surface area contributed by atoms with Gasteiger partial charge in [0.25, 0.3) is 0 Å². The molecule has 0 aliphatic heterocycles. The lowest BCUT2D eigenvalue weighted by Gasteiger charge is -1.99. The van der Waals surface area contributed by atoms with Crippen LogP contribution in [-0.2, 0) is 6.42 Å². The van der Waals surface area contributed by atoms with Crippen molar-refractivity contribution in [2.75, 3.05) is 11.9 Å². The molecule has 0 aliphatic rings. The van der Waals surface area contributed by atoms with Crippen LogP contribution < -0.4 is 5.32 Å². The topological polar surface area (TPSA) is 12.0 Å². The van der Waals surface area contributed by atoms with Gasteiger partial charge < -0.3 is 5.32 Å². The first-order chi connectivity index (χ1) is 12.3. The lowest BCUT2D eigenvalue weighted by Crippen LogP contribution is -1.94. The third-order valence-electron chi connectivity index (χ3n) is 2.54. The summed E-state index contributed by atoms with van der Waals surface area (Å²) in [4.78, 5) is 0. The van der Waals surface area contributed by atoms with Crippen molar-refractivity contribution in [2.24, 2.45) is 0 Å². The zero-order chi connectivity index (χ0) is 19.8. The van der Waals surface area contributed by atoms with Crippen molar-refractivity contribution in [3.05, 3.63) is 66.2 Å². The Morgan fingerprint density at radius 2 is 1.04 bits per heavy atom. The zero-order valence-corrected chi connectivity index (χ0v) is 18.1. The molecule has 1 heteroatoms. The SMILES string of the molecule is CC.CC.CCC.CCCc1ccccc1.CCNc1ccccc1. The van der Waals surface area contributed by atoms with E-state index >= 15 is 0 Å². The summed E-state index contributed by atoms with van der Waals surface area (Å²) in [7, 11) is 0. The molecule has 25 heavy (non-hydrogen) atoms. The minimum absolute atomic E-state index is 0.990. The van der Waals surface area contributed by atoms with Crippen molar-refractivity contribution in [3.63, 3.8) is 0 Å². The molecule has 144 valence electrons. The number of aryl methyl sites for hydroxylation is 1. The van der Waals surface area contributed by atoms with Gasteiger partial charge in [0, 0.05) is 12.2 Å². The smallest absolute Gasteiger partial charge is 0.0340 e. The van der Waals surface area contributed by atoms with E-state index in [0.29, 0.717) is 0 Å². The molecule has 2 aromatic carbocycles. The van der Waals surface area contributed by atoms with Gasteiger partial charge >= 0.3 is 0 Å². The molecule has 2 rings (SSSR count). The largest absolute Gasteiger partial charge is 0.385 e. The minimum Gasteiger partial charge on any atom is -0.385 e. The number of para-hydroxylation sites is 1. The third kappa shape index (κ3) is 22.2. The van der Waals surface area contributed by atoms with Crippen LogP contribution in [0.4, 0.5) is 5.69 Å². The van der Waals surface area contributed by atoms with Crippen LogP contribution in [0.1, 0.15) is 73.8 Å². The van der Waals surface area contributed by atoms with Crippen LogP contribution in [0.15, 0.2) is 60.7 Å². The fourth-order valence-corrected chi connectivity index (χ4v) is 1.69. The Kier molecular flexibility index (Phi) is 30.4. The highest BCUT2D eigenvalue weighted by molar-refractivity contribution is 5.41. The maximum absolute atomic E-state index is 3.21. The van der Waals surface area contributed by atoms with Gasteiger partial charge in [-0.1, -0.05) is 110 Å². The van der Waals surface area contributed by atoms with Crippen LogP contribution in [0.25, 0.3) is 0 Å². The number of hydrogen-bond donors (Lipinski definition) is 1. The lowest BCUT2D eigenvalue weighted by atomic mass is 10.1. The second kappa shape index (κ2) is 27.1. The van der Waals surface area contributed by atoms with Crippen molar-refractivity contribution in [2.45, 2.75) is 74.7 Å². The fourth-order valence-electron chi connectivity index (χ4n) is 1.69. The van der Waals surface area contributed by atoms with Gasteiger partial charge in [0.15, 0.2) is 0 Å². The highest BCUT2D eigenvalue weighted by Gasteiger charge is 1.84. The van der Waals surface area contributed by atoms with Gasteiger partial charge in [-0.3, -0.25) is 0 Å². The molecule has 0 heterocycles. The van der Waals surface area contributed by atoms with Crippen molar-refractivity contribution in [1.82, 2.24) is 0 Å². The van der Waals surface area contributed by atoms with Gasteiger partial charge in [0.2, 0.25) is 0 Å². The Morgan fingerprint density at radius 1 is 0.640 bits per heavy atom. The summed E-state index contributed by atoms with van der Waals surface area (Å²) in [5, 5.41) is 3.21. The molecule has 0 fully saturated rings. The number of hydrogen-bond acceptors (Lipinski definition) is 1. The highest BCUT2D eigenvalue weighted by atomic mass is 14.8. The molecule has 0 spiro atoms. The molecule has 0 saturated heterocycles. The number of rotatable bonds is 4.